The van der Waals surface area contributed by atoms with Gasteiger partial charge in [0.2, 0.25) is 5.91 Å². The van der Waals surface area contributed by atoms with Crippen LogP contribution >= 0.6 is 0 Å². The van der Waals surface area contributed by atoms with Gasteiger partial charge in [0, 0.05) is 31.6 Å². The summed E-state index contributed by atoms with van der Waals surface area (Å²) in [5.74, 6) is -0.165. The fourth-order valence-electron chi connectivity index (χ4n) is 2.67. The first-order valence-corrected chi connectivity index (χ1v) is 7.44. The Morgan fingerprint density at radius 2 is 2.23 bits per heavy atom. The van der Waals surface area contributed by atoms with E-state index in [4.69, 9.17) is 9.47 Å². The molecule has 2 saturated heterocycles. The molecule has 2 aliphatic rings. The summed E-state index contributed by atoms with van der Waals surface area (Å²) < 4.78 is 10.3. The van der Waals surface area contributed by atoms with Gasteiger partial charge in [-0.25, -0.2) is 4.79 Å². The van der Waals surface area contributed by atoms with E-state index in [1.165, 1.54) is 4.90 Å². The zero-order valence-electron chi connectivity index (χ0n) is 12.2. The van der Waals surface area contributed by atoms with Crippen LogP contribution in [0.5, 0.6) is 0 Å². The second kappa shape index (κ2) is 6.74. The fourth-order valence-corrected chi connectivity index (χ4v) is 2.67. The molecule has 7 nitrogen and oxygen atoms in total. The quantitative estimate of drug-likeness (QED) is 0.885. The van der Waals surface area contributed by atoms with Gasteiger partial charge in [0.25, 0.3) is 0 Å². The normalized spacial score (nSPS) is 22.5. The van der Waals surface area contributed by atoms with Crippen molar-refractivity contribution < 1.29 is 19.1 Å². The number of nitrogens with zero attached hydrogens (tertiary/aromatic N) is 2. The summed E-state index contributed by atoms with van der Waals surface area (Å²) in [4.78, 5) is 29.8. The van der Waals surface area contributed by atoms with Gasteiger partial charge in [0.05, 0.1) is 6.54 Å². The molecule has 3 rings (SSSR count). The predicted molar refractivity (Wildman–Crippen MR) is 76.9 cm³/mol. The highest BCUT2D eigenvalue weighted by Gasteiger charge is 2.38. The van der Waals surface area contributed by atoms with E-state index in [-0.39, 0.29) is 18.6 Å². The maximum absolute atomic E-state index is 12.4. The Morgan fingerprint density at radius 1 is 1.41 bits per heavy atom. The van der Waals surface area contributed by atoms with E-state index in [1.54, 1.807) is 18.5 Å². The molecule has 0 unspecified atom stereocenters. The number of cyclic esters (lactones) is 1. The summed E-state index contributed by atoms with van der Waals surface area (Å²) in [6.45, 7) is 1.72. The highest BCUT2D eigenvalue weighted by molar-refractivity contribution is 5.88. The van der Waals surface area contributed by atoms with Gasteiger partial charge in [0.15, 0.2) is 0 Å². The molecule has 2 aliphatic heterocycles. The van der Waals surface area contributed by atoms with Crippen LogP contribution < -0.4 is 5.32 Å². The van der Waals surface area contributed by atoms with Crippen LogP contribution in [0.15, 0.2) is 24.5 Å². The number of carbonyl (C=O) groups excluding carboxylic acids is 2. The smallest absolute Gasteiger partial charge is 0.410 e. The van der Waals surface area contributed by atoms with Gasteiger partial charge < -0.3 is 14.8 Å². The molecule has 3 heterocycles. The largest absolute Gasteiger partial charge is 0.447 e. The Bertz CT molecular complexity index is 531. The van der Waals surface area contributed by atoms with Crippen LogP contribution in [0.4, 0.5) is 4.79 Å². The Hall–Kier alpha value is -2.15. The van der Waals surface area contributed by atoms with Crippen LogP contribution in [0.2, 0.25) is 0 Å². The maximum atomic E-state index is 12.4. The van der Waals surface area contributed by atoms with Crippen molar-refractivity contribution in [2.75, 3.05) is 19.8 Å². The van der Waals surface area contributed by atoms with Crippen LogP contribution in [0.1, 0.15) is 18.4 Å². The van der Waals surface area contributed by atoms with Crippen molar-refractivity contribution >= 4 is 12.0 Å². The van der Waals surface area contributed by atoms with Crippen molar-refractivity contribution in [2.45, 2.75) is 31.5 Å². The molecule has 0 bridgehead atoms. The molecule has 1 atom stereocenters. The number of aromatic nitrogens is 1. The lowest BCUT2D eigenvalue weighted by Crippen LogP contribution is -2.49. The first-order chi connectivity index (χ1) is 10.7. The summed E-state index contributed by atoms with van der Waals surface area (Å²) in [6.07, 6.45) is 4.49. The van der Waals surface area contributed by atoms with Gasteiger partial charge in [0.1, 0.15) is 12.6 Å². The average Bonchev–Trinajstić information content (AvgIpc) is 2.90. The van der Waals surface area contributed by atoms with Crippen molar-refractivity contribution in [3.8, 4) is 0 Å². The molecule has 1 aromatic rings. The van der Waals surface area contributed by atoms with Crippen LogP contribution in [-0.4, -0.2) is 53.8 Å². The topological polar surface area (TPSA) is 80.8 Å². The molecule has 118 valence electrons. The lowest BCUT2D eigenvalue weighted by molar-refractivity contribution is -0.126. The van der Waals surface area contributed by atoms with Crippen molar-refractivity contribution in [2.24, 2.45) is 0 Å². The lowest BCUT2D eigenvalue weighted by atomic mass is 10.1. The van der Waals surface area contributed by atoms with Crippen molar-refractivity contribution in [1.82, 2.24) is 15.2 Å². The zero-order valence-corrected chi connectivity index (χ0v) is 12.2. The van der Waals surface area contributed by atoms with Crippen LogP contribution in [0.3, 0.4) is 0 Å². The number of nitrogens with one attached hydrogen (secondary N) is 1. The zero-order chi connectivity index (χ0) is 15.4. The molecule has 22 heavy (non-hydrogen) atoms. The molecule has 0 radical (unpaired) electrons. The third-order valence-electron chi connectivity index (χ3n) is 3.92. The monoisotopic (exact) mass is 305 g/mol. The molecule has 1 N–H and O–H groups in total. The molecule has 0 aromatic carbocycles. The Labute approximate surface area is 128 Å². The SMILES string of the molecule is O=C(NC1CCOCC1)[C@@H]1COC(=O)N1Cc1cccnc1. The summed E-state index contributed by atoms with van der Waals surface area (Å²) >= 11 is 0. The van der Waals surface area contributed by atoms with E-state index in [9.17, 15) is 9.59 Å². The summed E-state index contributed by atoms with van der Waals surface area (Å²) in [5.41, 5.74) is 0.866. The van der Waals surface area contributed by atoms with Crippen molar-refractivity contribution in [1.29, 1.82) is 0 Å². The molecule has 2 fully saturated rings. The molecule has 0 saturated carbocycles. The van der Waals surface area contributed by atoms with Gasteiger partial charge in [-0.1, -0.05) is 6.07 Å². The van der Waals surface area contributed by atoms with Gasteiger partial charge in [-0.2, -0.15) is 0 Å². The highest BCUT2D eigenvalue weighted by atomic mass is 16.6. The molecule has 0 spiro atoms. The molecule has 1 aromatic heterocycles. The molecule has 0 aliphatic carbocycles. The van der Waals surface area contributed by atoms with E-state index in [2.05, 4.69) is 10.3 Å². The molecule has 2 amide bonds. The van der Waals surface area contributed by atoms with Crippen LogP contribution in [0, 0.1) is 0 Å². The minimum absolute atomic E-state index is 0.0914. The number of hydrogen-bond acceptors (Lipinski definition) is 5. The van der Waals surface area contributed by atoms with E-state index in [1.807, 2.05) is 6.07 Å². The number of ether oxygens (including phenoxy) is 2. The Kier molecular flexibility index (Phi) is 4.53. The summed E-state index contributed by atoms with van der Waals surface area (Å²) in [7, 11) is 0. The summed E-state index contributed by atoms with van der Waals surface area (Å²) in [5, 5.41) is 2.99. The van der Waals surface area contributed by atoms with Crippen LogP contribution in [0.25, 0.3) is 0 Å². The molecular weight excluding hydrogens is 286 g/mol. The van der Waals surface area contributed by atoms with Crippen molar-refractivity contribution in [3.05, 3.63) is 30.1 Å². The average molecular weight is 305 g/mol. The number of pyridine rings is 1. The molecular formula is C15H19N3O4. The number of hydrogen-bond donors (Lipinski definition) is 1. The number of rotatable bonds is 4. The highest BCUT2D eigenvalue weighted by Crippen LogP contribution is 2.17. The first kappa shape index (κ1) is 14.8. The van der Waals surface area contributed by atoms with Gasteiger partial charge in [-0.15, -0.1) is 0 Å². The minimum atomic E-state index is -0.587. The lowest BCUT2D eigenvalue weighted by Gasteiger charge is -2.26. The third kappa shape index (κ3) is 3.36. The molecule has 7 heteroatoms. The van der Waals surface area contributed by atoms with E-state index in [0.717, 1.165) is 18.4 Å². The summed E-state index contributed by atoms with van der Waals surface area (Å²) in [6, 6.07) is 3.19. The fraction of sp³-hybridized carbons (Fsp3) is 0.533. The van der Waals surface area contributed by atoms with Crippen LogP contribution in [-0.2, 0) is 20.8 Å². The van der Waals surface area contributed by atoms with Gasteiger partial charge in [-0.05, 0) is 24.5 Å². The number of amides is 2. The number of carbonyl (C=O) groups is 2. The van der Waals surface area contributed by atoms with E-state index in [0.29, 0.717) is 19.8 Å². The third-order valence-corrected chi connectivity index (χ3v) is 3.92. The minimum Gasteiger partial charge on any atom is -0.447 e. The maximum Gasteiger partial charge on any atom is 0.410 e. The predicted octanol–water partition coefficient (Wildman–Crippen LogP) is 0.698. The van der Waals surface area contributed by atoms with E-state index >= 15 is 0 Å². The van der Waals surface area contributed by atoms with Gasteiger partial charge in [-0.3, -0.25) is 14.7 Å². The standard InChI is InChI=1S/C15H19N3O4/c19-14(17-12-3-6-21-7-4-12)13-10-22-15(20)18(13)9-11-2-1-5-16-8-11/h1-2,5,8,12-13H,3-4,6-7,9-10H2,(H,17,19)/t13-/m0/s1. The van der Waals surface area contributed by atoms with Crippen molar-refractivity contribution in [3.63, 3.8) is 0 Å². The Balaban J connectivity index is 1.63. The first-order valence-electron chi connectivity index (χ1n) is 7.44. The second-order valence-corrected chi connectivity index (χ2v) is 5.48. The second-order valence-electron chi connectivity index (χ2n) is 5.48. The van der Waals surface area contributed by atoms with E-state index < -0.39 is 12.1 Å². The Morgan fingerprint density at radius 3 is 2.95 bits per heavy atom. The van der Waals surface area contributed by atoms with Gasteiger partial charge >= 0.3 is 6.09 Å².